The number of fused-ring (bicyclic) bond motifs is 1. The van der Waals surface area contributed by atoms with Crippen LogP contribution in [0.3, 0.4) is 0 Å². The van der Waals surface area contributed by atoms with Gasteiger partial charge in [-0.25, -0.2) is 0 Å². The molecule has 4 rings (SSSR count). The second kappa shape index (κ2) is 7.85. The van der Waals surface area contributed by atoms with Crippen molar-refractivity contribution >= 4 is 51.4 Å². The van der Waals surface area contributed by atoms with Gasteiger partial charge in [0.1, 0.15) is 10.1 Å². The summed E-state index contributed by atoms with van der Waals surface area (Å²) in [6.45, 7) is 4.46. The average molecular weight is 423 g/mol. The minimum Gasteiger partial charge on any atom is -0.497 e. The van der Waals surface area contributed by atoms with Gasteiger partial charge < -0.3 is 9.64 Å². The molecule has 0 aromatic heterocycles. The molecule has 0 bridgehead atoms. The highest BCUT2D eigenvalue weighted by molar-refractivity contribution is 8.26. The predicted molar refractivity (Wildman–Crippen MR) is 120 cm³/mol. The third-order valence-electron chi connectivity index (χ3n) is 4.81. The van der Waals surface area contributed by atoms with Crippen LogP contribution in [0.4, 0.5) is 5.69 Å². The number of ether oxygens (including phenoxy) is 1. The number of methoxy groups -OCH3 is 1. The molecule has 0 spiro atoms. The molecule has 2 amide bonds. The summed E-state index contributed by atoms with van der Waals surface area (Å²) in [5, 5.41) is 0. The maximum Gasteiger partial charge on any atom is 0.267 e. The van der Waals surface area contributed by atoms with Gasteiger partial charge in [0.2, 0.25) is 0 Å². The molecule has 0 aliphatic carbocycles. The van der Waals surface area contributed by atoms with E-state index in [1.807, 2.05) is 48.5 Å². The molecular formula is C22H18N2O3S2. The lowest BCUT2D eigenvalue weighted by atomic mass is 10.1. The molecule has 0 atom stereocenters. The molecule has 2 aliphatic rings. The van der Waals surface area contributed by atoms with Crippen LogP contribution >= 0.6 is 24.0 Å². The molecule has 0 radical (unpaired) electrons. The highest BCUT2D eigenvalue weighted by atomic mass is 32.2. The van der Waals surface area contributed by atoms with E-state index in [0.717, 1.165) is 22.6 Å². The van der Waals surface area contributed by atoms with Crippen LogP contribution in [0.5, 0.6) is 5.75 Å². The molecule has 2 aromatic rings. The van der Waals surface area contributed by atoms with Crippen molar-refractivity contribution in [1.29, 1.82) is 0 Å². The SMILES string of the molecule is C=CCN1C(=O)C(=C2SC(=S)N(Cc3ccc(OC)cc3)C2=O)c2ccccc21. The summed E-state index contributed by atoms with van der Waals surface area (Å²) in [6, 6.07) is 15.0. The second-order valence-corrected chi connectivity index (χ2v) is 8.18. The van der Waals surface area contributed by atoms with E-state index >= 15 is 0 Å². The van der Waals surface area contributed by atoms with E-state index in [1.165, 1.54) is 16.7 Å². The van der Waals surface area contributed by atoms with Crippen LogP contribution in [-0.2, 0) is 16.1 Å². The number of hydrogen-bond donors (Lipinski definition) is 0. The van der Waals surface area contributed by atoms with E-state index < -0.39 is 0 Å². The summed E-state index contributed by atoms with van der Waals surface area (Å²) in [5.41, 5.74) is 2.88. The maximum absolute atomic E-state index is 13.2. The van der Waals surface area contributed by atoms with Crippen molar-refractivity contribution < 1.29 is 14.3 Å². The van der Waals surface area contributed by atoms with Crippen LogP contribution in [0.1, 0.15) is 11.1 Å². The van der Waals surface area contributed by atoms with Crippen molar-refractivity contribution in [2.45, 2.75) is 6.54 Å². The van der Waals surface area contributed by atoms with Crippen molar-refractivity contribution in [3.05, 3.63) is 77.2 Å². The molecular weight excluding hydrogens is 404 g/mol. The quantitative estimate of drug-likeness (QED) is 0.414. The first-order valence-electron chi connectivity index (χ1n) is 8.98. The topological polar surface area (TPSA) is 49.9 Å². The van der Waals surface area contributed by atoms with Crippen molar-refractivity contribution in [1.82, 2.24) is 4.90 Å². The van der Waals surface area contributed by atoms with Crippen LogP contribution in [-0.4, -0.2) is 34.7 Å². The molecule has 0 saturated carbocycles. The van der Waals surface area contributed by atoms with E-state index in [2.05, 4.69) is 6.58 Å². The number of rotatable bonds is 5. The normalized spacial score (nSPS) is 18.4. The Morgan fingerprint density at radius 3 is 2.48 bits per heavy atom. The molecule has 1 saturated heterocycles. The summed E-state index contributed by atoms with van der Waals surface area (Å²) >= 11 is 6.65. The molecule has 5 nitrogen and oxygen atoms in total. The van der Waals surface area contributed by atoms with Crippen LogP contribution in [0.2, 0.25) is 0 Å². The smallest absolute Gasteiger partial charge is 0.267 e. The maximum atomic E-state index is 13.2. The molecule has 146 valence electrons. The Morgan fingerprint density at radius 2 is 1.79 bits per heavy atom. The van der Waals surface area contributed by atoms with E-state index in [1.54, 1.807) is 18.1 Å². The number of para-hydroxylation sites is 1. The van der Waals surface area contributed by atoms with Crippen LogP contribution in [0.15, 0.2) is 66.1 Å². The summed E-state index contributed by atoms with van der Waals surface area (Å²) in [6.07, 6.45) is 1.67. The van der Waals surface area contributed by atoms with Gasteiger partial charge in [-0.2, -0.15) is 0 Å². The fourth-order valence-corrected chi connectivity index (χ4v) is 4.74. The van der Waals surface area contributed by atoms with E-state index in [0.29, 0.717) is 27.9 Å². The molecule has 0 N–H and O–H groups in total. The van der Waals surface area contributed by atoms with Crippen molar-refractivity contribution in [2.24, 2.45) is 0 Å². The molecule has 7 heteroatoms. The standard InChI is InChI=1S/C22H18N2O3S2/c1-3-12-23-17-7-5-4-6-16(17)18(20(23)25)19-21(26)24(22(28)29-19)13-14-8-10-15(27-2)11-9-14/h3-11H,1,12-13H2,2H3. The predicted octanol–water partition coefficient (Wildman–Crippen LogP) is 4.00. The first-order chi connectivity index (χ1) is 14.0. The van der Waals surface area contributed by atoms with Gasteiger partial charge in [0.05, 0.1) is 29.8 Å². The Labute approximate surface area is 178 Å². The summed E-state index contributed by atoms with van der Waals surface area (Å²) in [5.74, 6) is 0.308. The lowest BCUT2D eigenvalue weighted by molar-refractivity contribution is -0.122. The van der Waals surface area contributed by atoms with E-state index in [-0.39, 0.29) is 11.8 Å². The molecule has 1 fully saturated rings. The van der Waals surface area contributed by atoms with Crippen LogP contribution in [0, 0.1) is 0 Å². The number of benzene rings is 2. The van der Waals surface area contributed by atoms with Gasteiger partial charge in [-0.05, 0) is 23.8 Å². The van der Waals surface area contributed by atoms with Gasteiger partial charge in [-0.3, -0.25) is 14.5 Å². The lowest BCUT2D eigenvalue weighted by Gasteiger charge is -2.15. The number of carbonyl (C=O) groups is 2. The monoisotopic (exact) mass is 422 g/mol. The number of anilines is 1. The Morgan fingerprint density at radius 1 is 1.07 bits per heavy atom. The molecule has 2 aromatic carbocycles. The van der Waals surface area contributed by atoms with E-state index in [9.17, 15) is 9.59 Å². The Bertz CT molecular complexity index is 1060. The lowest BCUT2D eigenvalue weighted by Crippen LogP contribution is -2.29. The van der Waals surface area contributed by atoms with Crippen molar-refractivity contribution in [3.63, 3.8) is 0 Å². The summed E-state index contributed by atoms with van der Waals surface area (Å²) in [4.78, 5) is 29.9. The van der Waals surface area contributed by atoms with Gasteiger partial charge >= 0.3 is 0 Å². The molecule has 0 unspecified atom stereocenters. The van der Waals surface area contributed by atoms with Crippen LogP contribution in [0.25, 0.3) is 5.57 Å². The first-order valence-corrected chi connectivity index (χ1v) is 10.2. The zero-order valence-electron chi connectivity index (χ0n) is 15.8. The molecule has 2 heterocycles. The van der Waals surface area contributed by atoms with Gasteiger partial charge in [0.25, 0.3) is 11.8 Å². The number of amides is 2. The molecule has 29 heavy (non-hydrogen) atoms. The third-order valence-corrected chi connectivity index (χ3v) is 6.26. The second-order valence-electron chi connectivity index (χ2n) is 6.53. The first kappa shape index (κ1) is 19.4. The van der Waals surface area contributed by atoms with Crippen molar-refractivity contribution in [2.75, 3.05) is 18.6 Å². The van der Waals surface area contributed by atoms with Gasteiger partial charge in [0, 0.05) is 12.1 Å². The fourth-order valence-electron chi connectivity index (χ4n) is 3.41. The van der Waals surface area contributed by atoms with E-state index in [4.69, 9.17) is 17.0 Å². The Kier molecular flexibility index (Phi) is 5.25. The zero-order valence-corrected chi connectivity index (χ0v) is 17.4. The Hall–Kier alpha value is -2.90. The third kappa shape index (κ3) is 3.36. The van der Waals surface area contributed by atoms with Crippen molar-refractivity contribution in [3.8, 4) is 5.75 Å². The average Bonchev–Trinajstić information content (AvgIpc) is 3.17. The van der Waals surface area contributed by atoms with Gasteiger partial charge in [-0.1, -0.05) is 60.4 Å². The number of thioether (sulfide) groups is 1. The molecule has 2 aliphatic heterocycles. The number of thiocarbonyl (C=S) groups is 1. The van der Waals surface area contributed by atoms with Gasteiger partial charge in [0.15, 0.2) is 0 Å². The number of hydrogen-bond acceptors (Lipinski definition) is 5. The highest BCUT2D eigenvalue weighted by Crippen LogP contribution is 2.44. The zero-order chi connectivity index (χ0) is 20.5. The minimum atomic E-state index is -0.241. The highest BCUT2D eigenvalue weighted by Gasteiger charge is 2.41. The largest absolute Gasteiger partial charge is 0.497 e. The van der Waals surface area contributed by atoms with Gasteiger partial charge in [-0.15, -0.1) is 6.58 Å². The fraction of sp³-hybridized carbons (Fsp3) is 0.136. The summed E-state index contributed by atoms with van der Waals surface area (Å²) < 4.78 is 5.62. The summed E-state index contributed by atoms with van der Waals surface area (Å²) in [7, 11) is 1.61. The van der Waals surface area contributed by atoms with Crippen LogP contribution < -0.4 is 9.64 Å². The minimum absolute atomic E-state index is 0.198. The Balaban J connectivity index is 1.69. The number of carbonyl (C=O) groups excluding carboxylic acids is 2. The number of nitrogens with zero attached hydrogens (tertiary/aromatic N) is 2.